The summed E-state index contributed by atoms with van der Waals surface area (Å²) >= 11 is 0. The second kappa shape index (κ2) is 7.92. The molecule has 7 nitrogen and oxygen atoms in total. The van der Waals surface area contributed by atoms with Crippen molar-refractivity contribution in [3.63, 3.8) is 0 Å². The molecule has 140 valence electrons. The molecule has 1 aliphatic rings. The first-order valence-electron chi connectivity index (χ1n) is 8.60. The van der Waals surface area contributed by atoms with Gasteiger partial charge in [0.15, 0.2) is 0 Å². The number of amides is 1. The van der Waals surface area contributed by atoms with E-state index in [9.17, 15) is 9.18 Å². The summed E-state index contributed by atoms with van der Waals surface area (Å²) in [4.78, 5) is 20.3. The van der Waals surface area contributed by atoms with Gasteiger partial charge < -0.3 is 14.2 Å². The van der Waals surface area contributed by atoms with E-state index < -0.39 is 0 Å². The summed E-state index contributed by atoms with van der Waals surface area (Å²) < 4.78 is 23.7. The largest absolute Gasteiger partial charge is 0.375 e. The average Bonchev–Trinajstić information content (AvgIpc) is 3.14. The Kier molecular flexibility index (Phi) is 5.63. The summed E-state index contributed by atoms with van der Waals surface area (Å²) in [7, 11) is 1.52. The standard InChI is InChI=1S/C18H23FN4O3/c1-12-10-14(4-5-15(12)19)17-20-18(26-21-17)13(2)22-6-8-23(9-7-22)16(24)11-25-3/h4-5,10,13H,6-9,11H2,1-3H3. The normalized spacial score (nSPS) is 16.7. The third kappa shape index (κ3) is 3.91. The van der Waals surface area contributed by atoms with Crippen LogP contribution in [0.5, 0.6) is 0 Å². The lowest BCUT2D eigenvalue weighted by atomic mass is 10.1. The van der Waals surface area contributed by atoms with Crippen molar-refractivity contribution >= 4 is 5.91 Å². The van der Waals surface area contributed by atoms with Gasteiger partial charge in [0.2, 0.25) is 17.6 Å². The topological polar surface area (TPSA) is 71.7 Å². The average molecular weight is 362 g/mol. The third-order valence-electron chi connectivity index (χ3n) is 4.70. The summed E-state index contributed by atoms with van der Waals surface area (Å²) in [5, 5.41) is 4.02. The number of rotatable bonds is 5. The molecule has 1 unspecified atom stereocenters. The Morgan fingerprint density at radius 3 is 2.73 bits per heavy atom. The van der Waals surface area contributed by atoms with Crippen LogP contribution in [0.25, 0.3) is 11.4 Å². The molecular weight excluding hydrogens is 339 g/mol. The van der Waals surface area contributed by atoms with Crippen molar-refractivity contribution in [2.75, 3.05) is 39.9 Å². The predicted octanol–water partition coefficient (Wildman–Crippen LogP) is 2.04. The van der Waals surface area contributed by atoms with E-state index >= 15 is 0 Å². The van der Waals surface area contributed by atoms with Crippen molar-refractivity contribution in [1.29, 1.82) is 0 Å². The van der Waals surface area contributed by atoms with Crippen LogP contribution in [0.15, 0.2) is 22.7 Å². The van der Waals surface area contributed by atoms with Crippen LogP contribution in [0, 0.1) is 12.7 Å². The number of aromatic nitrogens is 2. The first-order valence-corrected chi connectivity index (χ1v) is 8.60. The minimum absolute atomic E-state index is 0.00607. The Hall–Kier alpha value is -2.32. The fraction of sp³-hybridized carbons (Fsp3) is 0.500. The van der Waals surface area contributed by atoms with Gasteiger partial charge in [-0.2, -0.15) is 4.98 Å². The summed E-state index contributed by atoms with van der Waals surface area (Å²) in [6, 6.07) is 4.69. The Labute approximate surface area is 151 Å². The molecule has 0 radical (unpaired) electrons. The van der Waals surface area contributed by atoms with Crippen LogP contribution in [-0.4, -0.2) is 65.7 Å². The molecule has 26 heavy (non-hydrogen) atoms. The molecule has 1 aliphatic heterocycles. The molecule has 1 aromatic carbocycles. The van der Waals surface area contributed by atoms with E-state index in [2.05, 4.69) is 15.0 Å². The molecule has 0 spiro atoms. The van der Waals surface area contributed by atoms with Gasteiger partial charge in [-0.3, -0.25) is 9.69 Å². The number of aryl methyl sites for hydroxylation is 1. The number of benzene rings is 1. The SMILES string of the molecule is COCC(=O)N1CCN(C(C)c2nc(-c3ccc(F)c(C)c3)no2)CC1. The zero-order valence-corrected chi connectivity index (χ0v) is 15.2. The highest BCUT2D eigenvalue weighted by Crippen LogP contribution is 2.24. The maximum absolute atomic E-state index is 13.4. The minimum Gasteiger partial charge on any atom is -0.375 e. The van der Waals surface area contributed by atoms with E-state index in [0.29, 0.717) is 30.4 Å². The molecule has 8 heteroatoms. The lowest BCUT2D eigenvalue weighted by Gasteiger charge is -2.36. The molecule has 0 bridgehead atoms. The molecule has 1 saturated heterocycles. The fourth-order valence-corrected chi connectivity index (χ4v) is 3.04. The summed E-state index contributed by atoms with van der Waals surface area (Å²) in [6.45, 7) is 6.55. The molecule has 2 heterocycles. The van der Waals surface area contributed by atoms with Crippen LogP contribution >= 0.6 is 0 Å². The molecule has 3 rings (SSSR count). The van der Waals surface area contributed by atoms with Gasteiger partial charge in [0.05, 0.1) is 6.04 Å². The summed E-state index contributed by atoms with van der Waals surface area (Å²) in [5.74, 6) is 0.709. The number of hydrogen-bond acceptors (Lipinski definition) is 6. The Morgan fingerprint density at radius 1 is 1.35 bits per heavy atom. The molecule has 0 aliphatic carbocycles. The number of ether oxygens (including phenoxy) is 1. The van der Waals surface area contributed by atoms with E-state index in [1.54, 1.807) is 24.0 Å². The molecular formula is C18H23FN4O3. The molecule has 1 amide bonds. The van der Waals surface area contributed by atoms with Crippen molar-refractivity contribution < 1.29 is 18.4 Å². The number of halogens is 1. The Balaban J connectivity index is 1.64. The van der Waals surface area contributed by atoms with E-state index in [0.717, 1.165) is 18.7 Å². The van der Waals surface area contributed by atoms with Gasteiger partial charge in [0.1, 0.15) is 12.4 Å². The zero-order chi connectivity index (χ0) is 18.7. The van der Waals surface area contributed by atoms with Gasteiger partial charge in [0.25, 0.3) is 0 Å². The van der Waals surface area contributed by atoms with Gasteiger partial charge >= 0.3 is 0 Å². The van der Waals surface area contributed by atoms with Crippen LogP contribution in [0.1, 0.15) is 24.4 Å². The highest BCUT2D eigenvalue weighted by Gasteiger charge is 2.27. The first kappa shape index (κ1) is 18.5. The van der Waals surface area contributed by atoms with Crippen LogP contribution in [0.3, 0.4) is 0 Å². The van der Waals surface area contributed by atoms with Crippen molar-refractivity contribution in [2.24, 2.45) is 0 Å². The van der Waals surface area contributed by atoms with E-state index in [4.69, 9.17) is 9.26 Å². The summed E-state index contributed by atoms with van der Waals surface area (Å²) in [6.07, 6.45) is 0. The monoisotopic (exact) mass is 362 g/mol. The van der Waals surface area contributed by atoms with Crippen molar-refractivity contribution in [3.05, 3.63) is 35.5 Å². The summed E-state index contributed by atoms with van der Waals surface area (Å²) in [5.41, 5.74) is 1.26. The number of nitrogens with zero attached hydrogens (tertiary/aromatic N) is 4. The van der Waals surface area contributed by atoms with Crippen LogP contribution in [-0.2, 0) is 9.53 Å². The van der Waals surface area contributed by atoms with Gasteiger partial charge in [-0.05, 0) is 37.6 Å². The van der Waals surface area contributed by atoms with E-state index in [-0.39, 0.29) is 24.4 Å². The van der Waals surface area contributed by atoms with E-state index in [1.807, 2.05) is 6.92 Å². The van der Waals surface area contributed by atoms with Crippen LogP contribution < -0.4 is 0 Å². The van der Waals surface area contributed by atoms with Gasteiger partial charge in [0, 0.05) is 38.9 Å². The molecule has 1 aromatic heterocycles. The fourth-order valence-electron chi connectivity index (χ4n) is 3.04. The van der Waals surface area contributed by atoms with Crippen molar-refractivity contribution in [1.82, 2.24) is 19.9 Å². The lowest BCUT2D eigenvalue weighted by molar-refractivity contribution is -0.137. The molecule has 0 N–H and O–H groups in total. The van der Waals surface area contributed by atoms with Crippen LogP contribution in [0.4, 0.5) is 4.39 Å². The van der Waals surface area contributed by atoms with E-state index in [1.165, 1.54) is 13.2 Å². The minimum atomic E-state index is -0.258. The van der Waals surface area contributed by atoms with Crippen molar-refractivity contribution in [2.45, 2.75) is 19.9 Å². The third-order valence-corrected chi connectivity index (χ3v) is 4.70. The predicted molar refractivity (Wildman–Crippen MR) is 92.9 cm³/mol. The lowest BCUT2D eigenvalue weighted by Crippen LogP contribution is -2.50. The molecule has 1 atom stereocenters. The van der Waals surface area contributed by atoms with Gasteiger partial charge in [-0.25, -0.2) is 4.39 Å². The number of carbonyl (C=O) groups is 1. The second-order valence-corrected chi connectivity index (χ2v) is 6.45. The van der Waals surface area contributed by atoms with Gasteiger partial charge in [-0.1, -0.05) is 5.16 Å². The molecule has 2 aromatic rings. The second-order valence-electron chi connectivity index (χ2n) is 6.45. The zero-order valence-electron chi connectivity index (χ0n) is 15.2. The maximum Gasteiger partial charge on any atom is 0.248 e. The molecule has 1 fully saturated rings. The Bertz CT molecular complexity index is 772. The highest BCUT2D eigenvalue weighted by atomic mass is 19.1. The first-order chi connectivity index (χ1) is 12.5. The number of piperazine rings is 1. The number of methoxy groups -OCH3 is 1. The van der Waals surface area contributed by atoms with Crippen molar-refractivity contribution in [3.8, 4) is 11.4 Å². The highest BCUT2D eigenvalue weighted by molar-refractivity contribution is 5.77. The smallest absolute Gasteiger partial charge is 0.248 e. The Morgan fingerprint density at radius 2 is 2.08 bits per heavy atom. The van der Waals surface area contributed by atoms with Crippen LogP contribution in [0.2, 0.25) is 0 Å². The number of carbonyl (C=O) groups excluding carboxylic acids is 1. The van der Waals surface area contributed by atoms with Gasteiger partial charge in [-0.15, -0.1) is 0 Å². The quantitative estimate of drug-likeness (QED) is 0.811. The maximum atomic E-state index is 13.4. The molecule has 0 saturated carbocycles. The number of hydrogen-bond donors (Lipinski definition) is 0.